The number of aryl methyl sites for hydroxylation is 1. The standard InChI is InChI=1S/C18H29N3O3/c1-13(24-14-7-5-3-4-6-8-14)18(22)20-15-10-12-23-17(15)16-9-11-19-21(16)2/h9,11,13-15,17H,3-8,10,12H2,1-2H3,(H,20,22)/t13-,15+,17+/m1/s1. The monoisotopic (exact) mass is 335 g/mol. The van der Waals surface area contributed by atoms with E-state index in [0.717, 1.165) is 25.0 Å². The van der Waals surface area contributed by atoms with Gasteiger partial charge in [-0.25, -0.2) is 0 Å². The summed E-state index contributed by atoms with van der Waals surface area (Å²) in [6, 6.07) is 1.92. The van der Waals surface area contributed by atoms with Crippen molar-refractivity contribution in [3.63, 3.8) is 0 Å². The third kappa shape index (κ3) is 4.16. The van der Waals surface area contributed by atoms with Gasteiger partial charge >= 0.3 is 0 Å². The van der Waals surface area contributed by atoms with Gasteiger partial charge in [-0.05, 0) is 32.3 Å². The van der Waals surface area contributed by atoms with E-state index in [2.05, 4.69) is 10.4 Å². The number of carbonyl (C=O) groups excluding carboxylic acids is 1. The Balaban J connectivity index is 1.54. The normalized spacial score (nSPS) is 26.9. The average molecular weight is 335 g/mol. The van der Waals surface area contributed by atoms with E-state index in [1.54, 1.807) is 10.9 Å². The van der Waals surface area contributed by atoms with Crippen LogP contribution >= 0.6 is 0 Å². The Bertz CT molecular complexity index is 537. The van der Waals surface area contributed by atoms with Crippen molar-refractivity contribution in [2.45, 2.75) is 76.2 Å². The number of carbonyl (C=O) groups is 1. The number of nitrogens with zero attached hydrogens (tertiary/aromatic N) is 2. The lowest BCUT2D eigenvalue weighted by Crippen LogP contribution is -2.44. The van der Waals surface area contributed by atoms with E-state index >= 15 is 0 Å². The number of ether oxygens (including phenoxy) is 2. The van der Waals surface area contributed by atoms with E-state index in [1.165, 1.54) is 25.7 Å². The van der Waals surface area contributed by atoms with E-state index in [-0.39, 0.29) is 24.2 Å². The molecule has 1 saturated heterocycles. The van der Waals surface area contributed by atoms with Crippen molar-refractivity contribution >= 4 is 5.91 Å². The molecule has 0 aromatic carbocycles. The summed E-state index contributed by atoms with van der Waals surface area (Å²) in [5, 5.41) is 7.31. The van der Waals surface area contributed by atoms with Crippen LogP contribution < -0.4 is 5.32 Å². The topological polar surface area (TPSA) is 65.4 Å². The molecule has 1 aliphatic heterocycles. The molecule has 1 aromatic rings. The van der Waals surface area contributed by atoms with E-state index in [9.17, 15) is 4.79 Å². The molecule has 1 amide bonds. The van der Waals surface area contributed by atoms with Crippen LogP contribution in [-0.4, -0.2) is 40.5 Å². The van der Waals surface area contributed by atoms with Crippen LogP contribution in [0.2, 0.25) is 0 Å². The van der Waals surface area contributed by atoms with E-state index in [0.29, 0.717) is 6.61 Å². The first-order valence-electron chi connectivity index (χ1n) is 9.20. The summed E-state index contributed by atoms with van der Waals surface area (Å²) in [4.78, 5) is 12.5. The van der Waals surface area contributed by atoms with Crippen LogP contribution in [-0.2, 0) is 21.3 Å². The van der Waals surface area contributed by atoms with Gasteiger partial charge in [-0.15, -0.1) is 0 Å². The van der Waals surface area contributed by atoms with Gasteiger partial charge in [0.15, 0.2) is 0 Å². The first-order valence-corrected chi connectivity index (χ1v) is 9.20. The Kier molecular flexibility index (Phi) is 5.89. The molecular formula is C18H29N3O3. The van der Waals surface area contributed by atoms with Gasteiger partial charge in [0.1, 0.15) is 12.2 Å². The Morgan fingerprint density at radius 2 is 2.08 bits per heavy atom. The zero-order valence-corrected chi connectivity index (χ0v) is 14.7. The van der Waals surface area contributed by atoms with Crippen LogP contribution in [0, 0.1) is 0 Å². The van der Waals surface area contributed by atoms with Crippen molar-refractivity contribution in [2.24, 2.45) is 7.05 Å². The maximum Gasteiger partial charge on any atom is 0.249 e. The van der Waals surface area contributed by atoms with Crippen molar-refractivity contribution < 1.29 is 14.3 Å². The summed E-state index contributed by atoms with van der Waals surface area (Å²) in [6.07, 6.45) is 9.37. The summed E-state index contributed by atoms with van der Waals surface area (Å²) in [7, 11) is 1.90. The Labute approximate surface area is 143 Å². The number of hydrogen-bond donors (Lipinski definition) is 1. The molecule has 134 valence electrons. The van der Waals surface area contributed by atoms with Crippen molar-refractivity contribution in [1.29, 1.82) is 0 Å². The van der Waals surface area contributed by atoms with Crippen molar-refractivity contribution in [1.82, 2.24) is 15.1 Å². The summed E-state index contributed by atoms with van der Waals surface area (Å²) in [5.74, 6) is -0.0399. The molecule has 1 N–H and O–H groups in total. The van der Waals surface area contributed by atoms with Gasteiger partial charge in [-0.1, -0.05) is 25.7 Å². The van der Waals surface area contributed by atoms with Crippen LogP contribution in [0.1, 0.15) is 63.7 Å². The van der Waals surface area contributed by atoms with Gasteiger partial charge in [0.2, 0.25) is 5.91 Å². The predicted molar refractivity (Wildman–Crippen MR) is 90.5 cm³/mol. The number of aromatic nitrogens is 2. The van der Waals surface area contributed by atoms with Crippen LogP contribution in [0.4, 0.5) is 0 Å². The van der Waals surface area contributed by atoms with E-state index < -0.39 is 6.10 Å². The highest BCUT2D eigenvalue weighted by Gasteiger charge is 2.34. The van der Waals surface area contributed by atoms with Crippen LogP contribution in [0.25, 0.3) is 0 Å². The third-order valence-corrected chi connectivity index (χ3v) is 5.14. The summed E-state index contributed by atoms with van der Waals surface area (Å²) in [6.45, 7) is 2.51. The van der Waals surface area contributed by atoms with E-state index in [4.69, 9.17) is 9.47 Å². The van der Waals surface area contributed by atoms with Crippen molar-refractivity contribution in [2.75, 3.05) is 6.61 Å². The minimum absolute atomic E-state index is 0.0203. The number of nitrogens with one attached hydrogen (secondary N) is 1. The fourth-order valence-electron chi connectivity index (χ4n) is 3.72. The zero-order valence-electron chi connectivity index (χ0n) is 14.7. The molecule has 2 heterocycles. The number of hydrogen-bond acceptors (Lipinski definition) is 4. The summed E-state index contributed by atoms with van der Waals surface area (Å²) in [5.41, 5.74) is 0.995. The van der Waals surface area contributed by atoms with Gasteiger partial charge in [0, 0.05) is 19.9 Å². The van der Waals surface area contributed by atoms with Crippen LogP contribution in [0.5, 0.6) is 0 Å². The maximum absolute atomic E-state index is 12.5. The fourth-order valence-corrected chi connectivity index (χ4v) is 3.72. The highest BCUT2D eigenvalue weighted by Crippen LogP contribution is 2.29. The third-order valence-electron chi connectivity index (χ3n) is 5.14. The Hall–Kier alpha value is -1.40. The second-order valence-electron chi connectivity index (χ2n) is 6.97. The highest BCUT2D eigenvalue weighted by atomic mass is 16.5. The molecule has 3 atom stereocenters. The Morgan fingerprint density at radius 1 is 1.33 bits per heavy atom. The molecule has 0 bridgehead atoms. The van der Waals surface area contributed by atoms with Gasteiger partial charge in [0.25, 0.3) is 0 Å². The molecule has 3 rings (SSSR count). The highest BCUT2D eigenvalue weighted by molar-refractivity contribution is 5.80. The molecule has 0 radical (unpaired) electrons. The van der Waals surface area contributed by atoms with E-state index in [1.807, 2.05) is 20.0 Å². The minimum Gasteiger partial charge on any atom is -0.370 e. The minimum atomic E-state index is -0.416. The lowest BCUT2D eigenvalue weighted by Gasteiger charge is -2.24. The molecule has 1 aliphatic carbocycles. The molecule has 6 nitrogen and oxygen atoms in total. The molecule has 1 aromatic heterocycles. The largest absolute Gasteiger partial charge is 0.370 e. The molecule has 0 unspecified atom stereocenters. The average Bonchev–Trinajstić information content (AvgIpc) is 3.10. The smallest absolute Gasteiger partial charge is 0.249 e. The quantitative estimate of drug-likeness (QED) is 0.840. The van der Waals surface area contributed by atoms with Crippen LogP contribution in [0.3, 0.4) is 0 Å². The fraction of sp³-hybridized carbons (Fsp3) is 0.778. The van der Waals surface area contributed by atoms with Gasteiger partial charge in [-0.2, -0.15) is 5.10 Å². The first kappa shape index (κ1) is 17.4. The molecule has 2 fully saturated rings. The molecule has 2 aliphatic rings. The van der Waals surface area contributed by atoms with Crippen molar-refractivity contribution in [3.8, 4) is 0 Å². The molecule has 24 heavy (non-hydrogen) atoms. The molecule has 0 spiro atoms. The molecule has 1 saturated carbocycles. The maximum atomic E-state index is 12.5. The lowest BCUT2D eigenvalue weighted by molar-refractivity contribution is -0.137. The second kappa shape index (κ2) is 8.12. The second-order valence-corrected chi connectivity index (χ2v) is 6.97. The Morgan fingerprint density at radius 3 is 2.75 bits per heavy atom. The molecular weight excluding hydrogens is 306 g/mol. The first-order chi connectivity index (χ1) is 11.6. The van der Waals surface area contributed by atoms with Gasteiger partial charge in [0.05, 0.1) is 17.8 Å². The SMILES string of the molecule is C[C@@H](OC1CCCCCC1)C(=O)N[C@H]1CCO[C@@H]1c1ccnn1C. The lowest BCUT2D eigenvalue weighted by atomic mass is 10.1. The predicted octanol–water partition coefficient (Wildman–Crippen LogP) is 2.49. The summed E-state index contributed by atoms with van der Waals surface area (Å²) < 4.78 is 13.7. The number of rotatable bonds is 5. The zero-order chi connectivity index (χ0) is 16.9. The molecule has 6 heteroatoms. The van der Waals surface area contributed by atoms with Crippen molar-refractivity contribution in [3.05, 3.63) is 18.0 Å². The van der Waals surface area contributed by atoms with Gasteiger partial charge < -0.3 is 14.8 Å². The number of amides is 1. The van der Waals surface area contributed by atoms with Gasteiger partial charge in [-0.3, -0.25) is 9.48 Å². The van der Waals surface area contributed by atoms with Crippen LogP contribution in [0.15, 0.2) is 12.3 Å². The summed E-state index contributed by atoms with van der Waals surface area (Å²) >= 11 is 0.